The van der Waals surface area contributed by atoms with Crippen LogP contribution in [-0.4, -0.2) is 12.5 Å². The van der Waals surface area contributed by atoms with Crippen LogP contribution in [0.15, 0.2) is 42.5 Å². The van der Waals surface area contributed by atoms with Crippen molar-refractivity contribution in [3.63, 3.8) is 0 Å². The van der Waals surface area contributed by atoms with E-state index in [4.69, 9.17) is 4.74 Å². The zero-order valence-corrected chi connectivity index (χ0v) is 11.7. The summed E-state index contributed by atoms with van der Waals surface area (Å²) in [6, 6.07) is 12.1. The average Bonchev–Trinajstić information content (AvgIpc) is 2.50. The molecule has 0 radical (unpaired) electrons. The highest BCUT2D eigenvalue weighted by molar-refractivity contribution is 5.94. The number of ether oxygens (including phenoxy) is 1. The Morgan fingerprint density at radius 1 is 1.29 bits per heavy atom. The van der Waals surface area contributed by atoms with Gasteiger partial charge in [-0.2, -0.15) is 0 Å². The first-order valence-corrected chi connectivity index (χ1v) is 6.94. The maximum Gasteiger partial charge on any atom is 0.251 e. The van der Waals surface area contributed by atoms with Gasteiger partial charge in [0.2, 0.25) is 0 Å². The Kier molecular flexibility index (Phi) is 3.60. The lowest BCUT2D eigenvalue weighted by molar-refractivity contribution is 0.0924. The van der Waals surface area contributed by atoms with Crippen molar-refractivity contribution in [3.05, 3.63) is 65.0 Å². The quantitative estimate of drug-likeness (QED) is 0.918. The Bertz CT molecular complexity index is 684. The Labute approximate surface area is 122 Å². The number of fused-ring (bicyclic) bond motifs is 1. The minimum Gasteiger partial charge on any atom is -0.493 e. The van der Waals surface area contributed by atoms with Crippen LogP contribution in [0.3, 0.4) is 0 Å². The molecule has 0 aliphatic carbocycles. The van der Waals surface area contributed by atoms with Gasteiger partial charge >= 0.3 is 0 Å². The van der Waals surface area contributed by atoms with Crippen molar-refractivity contribution >= 4 is 5.91 Å². The van der Waals surface area contributed by atoms with E-state index in [0.717, 1.165) is 11.3 Å². The normalized spacial score (nSPS) is 16.8. The van der Waals surface area contributed by atoms with E-state index in [-0.39, 0.29) is 17.8 Å². The first kappa shape index (κ1) is 13.6. The number of halogens is 1. The molecule has 1 heterocycles. The smallest absolute Gasteiger partial charge is 0.251 e. The second kappa shape index (κ2) is 5.56. The molecule has 2 aromatic rings. The molecule has 21 heavy (non-hydrogen) atoms. The SMILES string of the molecule is Cc1ccc(C(=O)N[C@H]2CCOc3ccccc32)cc1F. The van der Waals surface area contributed by atoms with Crippen LogP contribution in [0, 0.1) is 12.7 Å². The number of nitrogens with one attached hydrogen (secondary N) is 1. The van der Waals surface area contributed by atoms with Crippen LogP contribution in [0.25, 0.3) is 0 Å². The van der Waals surface area contributed by atoms with E-state index in [0.29, 0.717) is 24.2 Å². The van der Waals surface area contributed by atoms with Crippen LogP contribution in [0.5, 0.6) is 5.75 Å². The molecule has 0 spiro atoms. The minimum absolute atomic E-state index is 0.105. The van der Waals surface area contributed by atoms with Gasteiger partial charge in [0.05, 0.1) is 12.6 Å². The second-order valence-corrected chi connectivity index (χ2v) is 5.16. The van der Waals surface area contributed by atoms with E-state index >= 15 is 0 Å². The summed E-state index contributed by atoms with van der Waals surface area (Å²) in [5.41, 5.74) is 1.83. The molecular weight excluding hydrogens is 269 g/mol. The van der Waals surface area contributed by atoms with Crippen LogP contribution < -0.4 is 10.1 Å². The summed E-state index contributed by atoms with van der Waals surface area (Å²) in [4.78, 5) is 12.3. The van der Waals surface area contributed by atoms with E-state index in [9.17, 15) is 9.18 Å². The summed E-state index contributed by atoms with van der Waals surface area (Å²) in [5, 5.41) is 2.95. The third-order valence-corrected chi connectivity index (χ3v) is 3.70. The lowest BCUT2D eigenvalue weighted by Gasteiger charge is -2.26. The first-order chi connectivity index (χ1) is 10.1. The molecule has 3 nitrogen and oxygen atoms in total. The lowest BCUT2D eigenvalue weighted by atomic mass is 10.00. The third-order valence-electron chi connectivity index (χ3n) is 3.70. The number of hydrogen-bond donors (Lipinski definition) is 1. The summed E-state index contributed by atoms with van der Waals surface area (Å²) in [6.45, 7) is 2.23. The van der Waals surface area contributed by atoms with E-state index in [1.807, 2.05) is 24.3 Å². The highest BCUT2D eigenvalue weighted by Gasteiger charge is 2.23. The molecule has 0 bridgehead atoms. The Morgan fingerprint density at radius 3 is 2.90 bits per heavy atom. The van der Waals surface area contributed by atoms with Crippen molar-refractivity contribution in [2.45, 2.75) is 19.4 Å². The van der Waals surface area contributed by atoms with Gasteiger partial charge in [-0.05, 0) is 30.7 Å². The predicted octanol–water partition coefficient (Wildman–Crippen LogP) is 3.39. The summed E-state index contributed by atoms with van der Waals surface area (Å²) in [6.07, 6.45) is 0.705. The topological polar surface area (TPSA) is 38.3 Å². The lowest BCUT2D eigenvalue weighted by Crippen LogP contribution is -2.32. The van der Waals surface area contributed by atoms with Gasteiger partial charge in [-0.1, -0.05) is 24.3 Å². The molecule has 0 aromatic heterocycles. The van der Waals surface area contributed by atoms with Crippen LogP contribution in [-0.2, 0) is 0 Å². The molecule has 1 amide bonds. The maximum absolute atomic E-state index is 13.6. The summed E-state index contributed by atoms with van der Waals surface area (Å²) < 4.78 is 19.1. The number of rotatable bonds is 2. The van der Waals surface area contributed by atoms with Crippen molar-refractivity contribution in [3.8, 4) is 5.75 Å². The fraction of sp³-hybridized carbons (Fsp3) is 0.235. The molecule has 1 aliphatic rings. The number of benzene rings is 2. The molecule has 1 atom stereocenters. The van der Waals surface area contributed by atoms with E-state index in [1.165, 1.54) is 6.07 Å². The largest absolute Gasteiger partial charge is 0.493 e. The Hall–Kier alpha value is -2.36. The Morgan fingerprint density at radius 2 is 2.10 bits per heavy atom. The molecule has 0 saturated heterocycles. The zero-order valence-electron chi connectivity index (χ0n) is 11.7. The minimum atomic E-state index is -0.366. The van der Waals surface area contributed by atoms with Crippen LogP contribution >= 0.6 is 0 Å². The van der Waals surface area contributed by atoms with Crippen LogP contribution in [0.1, 0.15) is 33.9 Å². The van der Waals surface area contributed by atoms with Gasteiger partial charge < -0.3 is 10.1 Å². The number of carbonyl (C=O) groups excluding carboxylic acids is 1. The molecule has 1 aliphatic heterocycles. The van der Waals surface area contributed by atoms with Gasteiger partial charge in [-0.25, -0.2) is 4.39 Å². The van der Waals surface area contributed by atoms with Gasteiger partial charge in [0.1, 0.15) is 11.6 Å². The van der Waals surface area contributed by atoms with Gasteiger partial charge in [-0.15, -0.1) is 0 Å². The first-order valence-electron chi connectivity index (χ1n) is 6.94. The number of para-hydroxylation sites is 1. The summed E-state index contributed by atoms with van der Waals surface area (Å²) >= 11 is 0. The summed E-state index contributed by atoms with van der Waals surface area (Å²) in [7, 11) is 0. The number of aryl methyl sites for hydroxylation is 1. The van der Waals surface area contributed by atoms with Gasteiger partial charge in [-0.3, -0.25) is 4.79 Å². The fourth-order valence-corrected chi connectivity index (χ4v) is 2.47. The molecule has 2 aromatic carbocycles. The number of amides is 1. The molecule has 0 fully saturated rings. The standard InChI is InChI=1S/C17H16FNO2/c1-11-6-7-12(10-14(11)18)17(20)19-15-8-9-21-16-5-3-2-4-13(15)16/h2-7,10,15H,8-9H2,1H3,(H,19,20)/t15-/m0/s1. The van der Waals surface area contributed by atoms with Crippen LogP contribution in [0.2, 0.25) is 0 Å². The predicted molar refractivity (Wildman–Crippen MR) is 77.9 cm³/mol. The molecule has 1 N–H and O–H groups in total. The maximum atomic E-state index is 13.6. The highest BCUT2D eigenvalue weighted by Crippen LogP contribution is 2.31. The van der Waals surface area contributed by atoms with Crippen LogP contribution in [0.4, 0.5) is 4.39 Å². The van der Waals surface area contributed by atoms with E-state index in [2.05, 4.69) is 5.32 Å². The highest BCUT2D eigenvalue weighted by atomic mass is 19.1. The van der Waals surface area contributed by atoms with Crippen molar-refractivity contribution in [1.29, 1.82) is 0 Å². The number of carbonyl (C=O) groups is 1. The van der Waals surface area contributed by atoms with E-state index in [1.54, 1.807) is 19.1 Å². The molecular formula is C17H16FNO2. The Balaban J connectivity index is 1.81. The third kappa shape index (κ3) is 2.75. The van der Waals surface area contributed by atoms with Gasteiger partial charge in [0, 0.05) is 17.5 Å². The molecule has 0 unspecified atom stereocenters. The van der Waals surface area contributed by atoms with Crippen molar-refractivity contribution in [2.24, 2.45) is 0 Å². The molecule has 0 saturated carbocycles. The van der Waals surface area contributed by atoms with Gasteiger partial charge in [0.25, 0.3) is 5.91 Å². The molecule has 4 heteroatoms. The molecule has 108 valence electrons. The van der Waals surface area contributed by atoms with E-state index < -0.39 is 0 Å². The summed E-state index contributed by atoms with van der Waals surface area (Å²) in [5.74, 6) is 0.162. The number of hydrogen-bond acceptors (Lipinski definition) is 2. The molecule has 3 rings (SSSR count). The van der Waals surface area contributed by atoms with Crippen molar-refractivity contribution < 1.29 is 13.9 Å². The average molecular weight is 285 g/mol. The van der Waals surface area contributed by atoms with Crippen molar-refractivity contribution in [2.75, 3.05) is 6.61 Å². The van der Waals surface area contributed by atoms with Crippen molar-refractivity contribution in [1.82, 2.24) is 5.32 Å². The zero-order chi connectivity index (χ0) is 14.8. The van der Waals surface area contributed by atoms with Gasteiger partial charge in [0.15, 0.2) is 0 Å². The monoisotopic (exact) mass is 285 g/mol. The fourth-order valence-electron chi connectivity index (χ4n) is 2.47. The second-order valence-electron chi connectivity index (χ2n) is 5.16.